The van der Waals surface area contributed by atoms with Crippen molar-refractivity contribution in [1.82, 2.24) is 15.8 Å². The first-order chi connectivity index (χ1) is 12.8. The third-order valence-electron chi connectivity index (χ3n) is 3.65. The average molecular weight is 391 g/mol. The van der Waals surface area contributed by atoms with Crippen molar-refractivity contribution in [3.63, 3.8) is 0 Å². The highest BCUT2D eigenvalue weighted by Crippen LogP contribution is 2.24. The predicted octanol–water partition coefficient (Wildman–Crippen LogP) is 2.48. The Morgan fingerprint density at radius 2 is 1.89 bits per heavy atom. The molecule has 1 amide bonds. The van der Waals surface area contributed by atoms with Gasteiger partial charge in [0.1, 0.15) is 5.75 Å². The van der Waals surface area contributed by atoms with Crippen molar-refractivity contribution < 1.29 is 17.9 Å². The van der Waals surface area contributed by atoms with Gasteiger partial charge in [-0.2, -0.15) is 0 Å². The lowest BCUT2D eigenvalue weighted by molar-refractivity contribution is -0.122. The smallest absolute Gasteiger partial charge is 0.234 e. The average Bonchev–Trinajstić information content (AvgIpc) is 2.62. The number of carbonyl (C=O) groups excluding carboxylic acids is 1. The number of benzene rings is 1. The largest absolute Gasteiger partial charge is 0.494 e. The van der Waals surface area contributed by atoms with Crippen LogP contribution in [0.4, 0.5) is 0 Å². The molecule has 0 bridgehead atoms. The van der Waals surface area contributed by atoms with Crippen molar-refractivity contribution in [2.45, 2.75) is 43.7 Å². The van der Waals surface area contributed by atoms with Gasteiger partial charge in [0, 0.05) is 24.7 Å². The number of carbonyl (C=O) groups is 1. The molecule has 27 heavy (non-hydrogen) atoms. The molecule has 2 aromatic rings. The molecule has 0 spiro atoms. The first kappa shape index (κ1) is 20.9. The second kappa shape index (κ2) is 9.48. The highest BCUT2D eigenvalue weighted by molar-refractivity contribution is 7.91. The van der Waals surface area contributed by atoms with Crippen LogP contribution in [0.2, 0.25) is 0 Å². The van der Waals surface area contributed by atoms with Crippen LogP contribution in [0.3, 0.4) is 0 Å². The van der Waals surface area contributed by atoms with Gasteiger partial charge in [0.2, 0.25) is 15.7 Å². The molecule has 0 unspecified atom stereocenters. The van der Waals surface area contributed by atoms with Crippen LogP contribution < -0.4 is 15.6 Å². The Balaban J connectivity index is 2.16. The zero-order valence-corrected chi connectivity index (χ0v) is 16.5. The lowest BCUT2D eigenvalue weighted by atomic mass is 10.1. The summed E-state index contributed by atoms with van der Waals surface area (Å²) in [5.41, 5.74) is 5.82. The first-order valence-electron chi connectivity index (χ1n) is 8.78. The maximum Gasteiger partial charge on any atom is 0.234 e. The Kier molecular flexibility index (Phi) is 7.32. The van der Waals surface area contributed by atoms with Gasteiger partial charge in [-0.15, -0.1) is 0 Å². The summed E-state index contributed by atoms with van der Waals surface area (Å²) in [6.07, 6.45) is 1.82. The Morgan fingerprint density at radius 1 is 1.19 bits per heavy atom. The number of amides is 1. The molecule has 8 heteroatoms. The van der Waals surface area contributed by atoms with E-state index in [1.54, 1.807) is 24.3 Å². The third kappa shape index (κ3) is 5.77. The number of sulfone groups is 1. The maximum absolute atomic E-state index is 12.9. The van der Waals surface area contributed by atoms with E-state index >= 15 is 0 Å². The van der Waals surface area contributed by atoms with Crippen LogP contribution in [-0.4, -0.2) is 25.9 Å². The first-order valence-corrected chi connectivity index (χ1v) is 10.3. The Morgan fingerprint density at radius 3 is 2.52 bits per heavy atom. The van der Waals surface area contributed by atoms with Gasteiger partial charge in [-0.05, 0) is 43.2 Å². The minimum atomic E-state index is -3.79. The highest BCUT2D eigenvalue weighted by atomic mass is 32.2. The molecule has 0 atom stereocenters. The van der Waals surface area contributed by atoms with Crippen LogP contribution >= 0.6 is 0 Å². The molecule has 146 valence electrons. The van der Waals surface area contributed by atoms with Gasteiger partial charge in [-0.25, -0.2) is 18.8 Å². The van der Waals surface area contributed by atoms with Gasteiger partial charge in [-0.3, -0.25) is 10.2 Å². The lowest BCUT2D eigenvalue weighted by Gasteiger charge is -2.12. The Bertz CT molecular complexity index is 865. The van der Waals surface area contributed by atoms with Gasteiger partial charge in [0.05, 0.1) is 11.5 Å². The van der Waals surface area contributed by atoms with Crippen molar-refractivity contribution in [3.8, 4) is 5.75 Å². The molecule has 0 saturated carbocycles. The molecular weight excluding hydrogens is 366 g/mol. The Hall–Kier alpha value is -2.45. The van der Waals surface area contributed by atoms with Crippen molar-refractivity contribution in [2.75, 3.05) is 6.61 Å². The zero-order valence-electron chi connectivity index (χ0n) is 15.7. The van der Waals surface area contributed by atoms with Crippen molar-refractivity contribution >= 4 is 15.7 Å². The van der Waals surface area contributed by atoms with Crippen molar-refractivity contribution in [3.05, 3.63) is 48.2 Å². The normalized spacial score (nSPS) is 11.4. The molecule has 1 heterocycles. The number of hydrazine groups is 1. The molecule has 0 radical (unpaired) electrons. The fraction of sp³-hybridized carbons (Fsp3) is 0.368. The summed E-state index contributed by atoms with van der Waals surface area (Å²) < 4.78 is 31.2. The van der Waals surface area contributed by atoms with E-state index in [-0.39, 0.29) is 28.3 Å². The van der Waals surface area contributed by atoms with E-state index in [1.165, 1.54) is 18.3 Å². The van der Waals surface area contributed by atoms with Gasteiger partial charge < -0.3 is 4.74 Å². The van der Waals surface area contributed by atoms with E-state index in [1.807, 2.05) is 20.8 Å². The van der Waals surface area contributed by atoms with E-state index in [4.69, 9.17) is 4.74 Å². The van der Waals surface area contributed by atoms with Gasteiger partial charge in [0.25, 0.3) is 0 Å². The topological polar surface area (TPSA) is 97.4 Å². The minimum absolute atomic E-state index is 0.0419. The minimum Gasteiger partial charge on any atom is -0.494 e. The van der Waals surface area contributed by atoms with Crippen LogP contribution in [0, 0.1) is 5.92 Å². The van der Waals surface area contributed by atoms with Crippen molar-refractivity contribution in [1.29, 1.82) is 0 Å². The second-order valence-corrected chi connectivity index (χ2v) is 8.24. The number of nitrogens with one attached hydrogen (secondary N) is 2. The number of rotatable bonds is 9. The molecule has 1 aromatic heterocycles. The summed E-state index contributed by atoms with van der Waals surface area (Å²) in [6.45, 7) is 6.40. The van der Waals surface area contributed by atoms with E-state index in [0.29, 0.717) is 24.3 Å². The maximum atomic E-state index is 12.9. The van der Waals surface area contributed by atoms with E-state index in [9.17, 15) is 13.2 Å². The quantitative estimate of drug-likeness (QED) is 0.638. The molecule has 2 rings (SSSR count). The number of aromatic nitrogens is 1. The lowest BCUT2D eigenvalue weighted by Crippen LogP contribution is -2.37. The van der Waals surface area contributed by atoms with Crippen LogP contribution in [0.1, 0.15) is 32.8 Å². The molecule has 2 N–H and O–H groups in total. The summed E-state index contributed by atoms with van der Waals surface area (Å²) in [6, 6.07) is 9.54. The number of ether oxygens (including phenoxy) is 1. The number of hydrogen-bond acceptors (Lipinski definition) is 6. The highest BCUT2D eigenvalue weighted by Gasteiger charge is 2.22. The summed E-state index contributed by atoms with van der Waals surface area (Å²) in [4.78, 5) is 15.9. The predicted molar refractivity (Wildman–Crippen MR) is 102 cm³/mol. The van der Waals surface area contributed by atoms with Crippen LogP contribution in [0.25, 0.3) is 0 Å². The summed E-state index contributed by atoms with van der Waals surface area (Å²) in [5.74, 6) is 0.692. The molecule has 0 saturated heterocycles. The zero-order chi connectivity index (χ0) is 19.9. The fourth-order valence-corrected chi connectivity index (χ4v) is 3.86. The molecule has 0 aliphatic rings. The van der Waals surface area contributed by atoms with Gasteiger partial charge in [-0.1, -0.05) is 19.9 Å². The van der Waals surface area contributed by atoms with Crippen LogP contribution in [-0.2, 0) is 21.2 Å². The molecule has 0 aliphatic heterocycles. The van der Waals surface area contributed by atoms with Crippen molar-refractivity contribution in [2.24, 2.45) is 5.92 Å². The van der Waals surface area contributed by atoms with Gasteiger partial charge >= 0.3 is 0 Å². The molecule has 7 nitrogen and oxygen atoms in total. The van der Waals surface area contributed by atoms with E-state index in [2.05, 4.69) is 15.8 Å². The SMILES string of the molecule is CCOc1ccc(S(=O)(=O)c2ncccc2CNNC(=O)CC(C)C)cc1. The number of nitrogens with zero attached hydrogens (tertiary/aromatic N) is 1. The molecular formula is C19H25N3O4S. The van der Waals surface area contributed by atoms with E-state index in [0.717, 1.165) is 0 Å². The van der Waals surface area contributed by atoms with Crippen LogP contribution in [0.15, 0.2) is 52.5 Å². The third-order valence-corrected chi connectivity index (χ3v) is 5.42. The van der Waals surface area contributed by atoms with E-state index < -0.39 is 9.84 Å². The summed E-state index contributed by atoms with van der Waals surface area (Å²) in [7, 11) is -3.79. The number of pyridine rings is 1. The monoisotopic (exact) mass is 391 g/mol. The second-order valence-electron chi connectivity index (χ2n) is 6.38. The molecule has 1 aromatic carbocycles. The standard InChI is InChI=1S/C19H25N3O4S/c1-4-26-16-7-9-17(10-8-16)27(24,25)19-15(6-5-11-20-19)13-21-22-18(23)12-14(2)3/h5-11,14,21H,4,12-13H2,1-3H3,(H,22,23). The molecule has 0 aliphatic carbocycles. The Labute approximate surface area is 160 Å². The number of hydrogen-bond donors (Lipinski definition) is 2. The summed E-state index contributed by atoms with van der Waals surface area (Å²) >= 11 is 0. The van der Waals surface area contributed by atoms with Crippen LogP contribution in [0.5, 0.6) is 5.75 Å². The fourth-order valence-electron chi connectivity index (χ4n) is 2.45. The van der Waals surface area contributed by atoms with Gasteiger partial charge in [0.15, 0.2) is 5.03 Å². The summed E-state index contributed by atoms with van der Waals surface area (Å²) in [5, 5.41) is -0.0419. The molecule has 0 fully saturated rings.